The van der Waals surface area contributed by atoms with Crippen molar-refractivity contribution in [1.29, 1.82) is 0 Å². The topological polar surface area (TPSA) is 122 Å². The molecule has 0 bridgehead atoms. The first-order valence-corrected chi connectivity index (χ1v) is 10.4. The van der Waals surface area contributed by atoms with Crippen molar-refractivity contribution in [3.8, 4) is 10.6 Å². The number of amides is 2. The average Bonchev–Trinajstić information content (AvgIpc) is 3.36. The lowest BCUT2D eigenvalue weighted by molar-refractivity contribution is -0.128. The van der Waals surface area contributed by atoms with Crippen LogP contribution in [0.25, 0.3) is 10.6 Å². The smallest absolute Gasteiger partial charge is 0.273 e. The number of aromatic nitrogens is 1. The minimum atomic E-state index is -0.624. The summed E-state index contributed by atoms with van der Waals surface area (Å²) >= 11 is 1.53. The molecule has 2 aromatic heterocycles. The molecule has 2 atom stereocenters. The Bertz CT molecular complexity index is 777. The number of aliphatic hydroxyl groups is 1. The van der Waals surface area contributed by atoms with E-state index in [1.807, 2.05) is 17.5 Å². The highest BCUT2D eigenvalue weighted by molar-refractivity contribution is 7.13. The quantitative estimate of drug-likeness (QED) is 0.542. The van der Waals surface area contributed by atoms with Gasteiger partial charge in [-0.1, -0.05) is 17.6 Å². The Balaban J connectivity index is 1.31. The molecule has 2 amide bonds. The molecule has 3 heterocycles. The number of aliphatic hydroxyl groups excluding tert-OH is 1. The Kier molecular flexibility index (Phi) is 7.18. The van der Waals surface area contributed by atoms with Crippen molar-refractivity contribution in [2.75, 3.05) is 26.2 Å². The lowest BCUT2D eigenvalue weighted by Crippen LogP contribution is -2.48. The Hall–Kier alpha value is -2.23. The van der Waals surface area contributed by atoms with Gasteiger partial charge < -0.3 is 25.6 Å². The number of thiophene rings is 1. The zero-order valence-corrected chi connectivity index (χ0v) is 16.5. The summed E-state index contributed by atoms with van der Waals surface area (Å²) < 4.78 is 5.22. The van der Waals surface area contributed by atoms with Crippen LogP contribution < -0.4 is 11.1 Å². The molecule has 9 heteroatoms. The molecule has 4 N–H and O–H groups in total. The number of nitrogens with one attached hydrogen (secondary N) is 1. The molecular weight excluding hydrogens is 380 g/mol. The fourth-order valence-electron chi connectivity index (χ4n) is 3.34. The molecule has 0 spiro atoms. The molecular formula is C19H26N4O4S. The largest absolute Gasteiger partial charge is 0.392 e. The van der Waals surface area contributed by atoms with Gasteiger partial charge in [0, 0.05) is 25.7 Å². The third kappa shape index (κ3) is 5.40. The molecule has 1 aliphatic rings. The summed E-state index contributed by atoms with van der Waals surface area (Å²) in [6, 6.07) is 5.49. The number of likely N-dealkylation sites (tertiary alicyclic amines) is 1. The fourth-order valence-corrected chi connectivity index (χ4v) is 4.01. The molecule has 8 nitrogen and oxygen atoms in total. The summed E-state index contributed by atoms with van der Waals surface area (Å²) in [5, 5.41) is 18.5. The minimum absolute atomic E-state index is 0.235. The first-order valence-electron chi connectivity index (χ1n) is 9.53. The van der Waals surface area contributed by atoms with Gasteiger partial charge in [0.2, 0.25) is 5.91 Å². The standard InChI is InChI=1S/C19H26N4O4S/c20-18(25)13-12-23(9-6-15(13)24)8-3-1-2-7-21-19(26)14-11-16(27-22-14)17-5-4-10-28-17/h4-5,10-11,13,15,24H,1-3,6-9,12H2,(H2,20,25)(H,21,26)/t13-,15-/m1/s1. The summed E-state index contributed by atoms with van der Waals surface area (Å²) in [5.74, 6) is -0.550. The Morgan fingerprint density at radius 3 is 3.00 bits per heavy atom. The highest BCUT2D eigenvalue weighted by Crippen LogP contribution is 2.25. The zero-order chi connectivity index (χ0) is 19.9. The van der Waals surface area contributed by atoms with E-state index >= 15 is 0 Å². The monoisotopic (exact) mass is 406 g/mol. The van der Waals surface area contributed by atoms with E-state index in [9.17, 15) is 14.7 Å². The molecule has 3 rings (SSSR count). The van der Waals surface area contributed by atoms with E-state index in [-0.39, 0.29) is 11.6 Å². The molecule has 1 aliphatic heterocycles. The SMILES string of the molecule is NC(=O)[C@@H]1CN(CCCCCNC(=O)c2cc(-c3cccs3)on2)CC[C@H]1O. The van der Waals surface area contributed by atoms with Crippen LogP contribution in [0, 0.1) is 5.92 Å². The molecule has 1 saturated heterocycles. The van der Waals surface area contributed by atoms with Gasteiger partial charge in [0.1, 0.15) is 0 Å². The van der Waals surface area contributed by atoms with Crippen LogP contribution >= 0.6 is 11.3 Å². The van der Waals surface area contributed by atoms with Crippen LogP contribution in [0.15, 0.2) is 28.1 Å². The number of carbonyl (C=O) groups is 2. The average molecular weight is 407 g/mol. The van der Waals surface area contributed by atoms with Gasteiger partial charge in [-0.05, 0) is 37.3 Å². The molecule has 0 aromatic carbocycles. The highest BCUT2D eigenvalue weighted by atomic mass is 32.1. The molecule has 0 saturated carbocycles. The molecule has 0 radical (unpaired) electrons. The number of piperidine rings is 1. The van der Waals surface area contributed by atoms with E-state index in [1.165, 1.54) is 11.3 Å². The molecule has 1 fully saturated rings. The van der Waals surface area contributed by atoms with E-state index in [4.69, 9.17) is 10.3 Å². The number of primary amides is 1. The number of hydrogen-bond acceptors (Lipinski definition) is 7. The van der Waals surface area contributed by atoms with Gasteiger partial charge in [0.15, 0.2) is 11.5 Å². The van der Waals surface area contributed by atoms with Gasteiger partial charge in [-0.25, -0.2) is 0 Å². The summed E-state index contributed by atoms with van der Waals surface area (Å²) in [4.78, 5) is 26.6. The second-order valence-corrected chi connectivity index (χ2v) is 7.98. The number of nitrogens with two attached hydrogens (primary N) is 1. The molecule has 2 aromatic rings. The van der Waals surface area contributed by atoms with Gasteiger partial charge in [-0.3, -0.25) is 9.59 Å². The predicted octanol–water partition coefficient (Wildman–Crippen LogP) is 1.47. The lowest BCUT2D eigenvalue weighted by Gasteiger charge is -2.34. The first-order chi connectivity index (χ1) is 13.5. The van der Waals surface area contributed by atoms with E-state index in [0.717, 1.165) is 37.2 Å². The van der Waals surface area contributed by atoms with Crippen molar-refractivity contribution in [3.63, 3.8) is 0 Å². The molecule has 152 valence electrons. The summed E-state index contributed by atoms with van der Waals surface area (Å²) in [5.41, 5.74) is 5.63. The number of carbonyl (C=O) groups excluding carboxylic acids is 2. The summed E-state index contributed by atoms with van der Waals surface area (Å²) in [6.45, 7) is 2.73. The first kappa shape index (κ1) is 20.5. The van der Waals surface area contributed by atoms with Crippen molar-refractivity contribution >= 4 is 23.2 Å². The van der Waals surface area contributed by atoms with Crippen LogP contribution in [0.4, 0.5) is 0 Å². The Morgan fingerprint density at radius 2 is 2.25 bits per heavy atom. The highest BCUT2D eigenvalue weighted by Gasteiger charge is 2.31. The molecule has 0 unspecified atom stereocenters. The minimum Gasteiger partial charge on any atom is -0.392 e. The number of rotatable bonds is 9. The van der Waals surface area contributed by atoms with Crippen molar-refractivity contribution in [3.05, 3.63) is 29.3 Å². The summed E-state index contributed by atoms with van der Waals surface area (Å²) in [7, 11) is 0. The van der Waals surface area contributed by atoms with Crippen LogP contribution in [0.2, 0.25) is 0 Å². The summed E-state index contributed by atoms with van der Waals surface area (Å²) in [6.07, 6.45) is 2.73. The van der Waals surface area contributed by atoms with E-state index in [0.29, 0.717) is 25.3 Å². The maximum atomic E-state index is 12.1. The van der Waals surface area contributed by atoms with Crippen molar-refractivity contribution in [2.45, 2.75) is 31.8 Å². The van der Waals surface area contributed by atoms with Crippen molar-refractivity contribution in [2.24, 2.45) is 11.7 Å². The van der Waals surface area contributed by atoms with Crippen LogP contribution in [0.5, 0.6) is 0 Å². The van der Waals surface area contributed by atoms with Crippen molar-refractivity contribution in [1.82, 2.24) is 15.4 Å². The van der Waals surface area contributed by atoms with Gasteiger partial charge in [0.05, 0.1) is 16.9 Å². The molecule has 28 heavy (non-hydrogen) atoms. The van der Waals surface area contributed by atoms with Crippen LogP contribution in [-0.4, -0.2) is 59.3 Å². The van der Waals surface area contributed by atoms with Gasteiger partial charge in [0.25, 0.3) is 5.91 Å². The number of nitrogens with zero attached hydrogens (tertiary/aromatic N) is 2. The van der Waals surface area contributed by atoms with E-state index in [1.54, 1.807) is 6.07 Å². The predicted molar refractivity (Wildman–Crippen MR) is 106 cm³/mol. The normalized spacial score (nSPS) is 20.2. The zero-order valence-electron chi connectivity index (χ0n) is 15.7. The number of hydrogen-bond donors (Lipinski definition) is 3. The van der Waals surface area contributed by atoms with Crippen LogP contribution in [0.1, 0.15) is 36.2 Å². The fraction of sp³-hybridized carbons (Fsp3) is 0.526. The van der Waals surface area contributed by atoms with Gasteiger partial charge in [-0.2, -0.15) is 0 Å². The van der Waals surface area contributed by atoms with Crippen LogP contribution in [0.3, 0.4) is 0 Å². The van der Waals surface area contributed by atoms with Gasteiger partial charge >= 0.3 is 0 Å². The Morgan fingerprint density at radius 1 is 1.39 bits per heavy atom. The molecule has 0 aliphatic carbocycles. The number of unbranched alkanes of at least 4 members (excludes halogenated alkanes) is 2. The second kappa shape index (κ2) is 9.81. The maximum Gasteiger partial charge on any atom is 0.273 e. The van der Waals surface area contributed by atoms with Crippen LogP contribution in [-0.2, 0) is 4.79 Å². The van der Waals surface area contributed by atoms with Crippen molar-refractivity contribution < 1.29 is 19.2 Å². The second-order valence-electron chi connectivity index (χ2n) is 7.04. The lowest BCUT2D eigenvalue weighted by atomic mass is 9.94. The van der Waals surface area contributed by atoms with E-state index in [2.05, 4.69) is 15.4 Å². The van der Waals surface area contributed by atoms with Gasteiger partial charge in [-0.15, -0.1) is 11.3 Å². The van der Waals surface area contributed by atoms with E-state index < -0.39 is 17.9 Å². The maximum absolute atomic E-state index is 12.1. The Labute approximate surface area is 167 Å². The third-order valence-corrected chi connectivity index (χ3v) is 5.85. The third-order valence-electron chi connectivity index (χ3n) is 4.97.